The van der Waals surface area contributed by atoms with E-state index in [1.165, 1.54) is 0 Å². The minimum absolute atomic E-state index is 0.109. The summed E-state index contributed by atoms with van der Waals surface area (Å²) in [5.41, 5.74) is 0. The number of carboxylic acid groups (broad SMARTS) is 1. The number of rotatable bonds is 2. The first-order valence-corrected chi connectivity index (χ1v) is 6.68. The summed E-state index contributed by atoms with van der Waals surface area (Å²) < 4.78 is 5.73. The number of aliphatic carboxylic acids is 1. The monoisotopic (exact) mass is 241 g/mol. The molecule has 4 heteroatoms. The average Bonchev–Trinajstić information content (AvgIpc) is 2.28. The van der Waals surface area contributed by atoms with Gasteiger partial charge in [0.05, 0.1) is 18.1 Å². The zero-order valence-corrected chi connectivity index (χ0v) is 10.8. The molecule has 1 N–H and O–H groups in total. The zero-order chi connectivity index (χ0) is 12.4. The van der Waals surface area contributed by atoms with E-state index in [2.05, 4.69) is 18.7 Å². The lowest BCUT2D eigenvalue weighted by molar-refractivity contribution is -0.143. The summed E-state index contributed by atoms with van der Waals surface area (Å²) in [6.07, 6.45) is 4.32. The highest BCUT2D eigenvalue weighted by molar-refractivity contribution is 5.70. The molecule has 17 heavy (non-hydrogen) atoms. The van der Waals surface area contributed by atoms with E-state index in [1.54, 1.807) is 0 Å². The van der Waals surface area contributed by atoms with Crippen LogP contribution in [0.5, 0.6) is 0 Å². The molecule has 1 heterocycles. The van der Waals surface area contributed by atoms with E-state index in [-0.39, 0.29) is 5.92 Å². The third-order valence-electron chi connectivity index (χ3n) is 4.01. The van der Waals surface area contributed by atoms with Crippen molar-refractivity contribution in [3.8, 4) is 0 Å². The molecular formula is C13H23NO3. The molecule has 0 unspecified atom stereocenters. The third-order valence-corrected chi connectivity index (χ3v) is 4.01. The molecule has 1 aliphatic carbocycles. The largest absolute Gasteiger partial charge is 0.481 e. The molecule has 1 saturated heterocycles. The Kier molecular flexibility index (Phi) is 4.05. The van der Waals surface area contributed by atoms with Crippen LogP contribution in [0.3, 0.4) is 0 Å². The van der Waals surface area contributed by atoms with Gasteiger partial charge in [-0.05, 0) is 39.5 Å². The van der Waals surface area contributed by atoms with E-state index in [4.69, 9.17) is 9.84 Å². The van der Waals surface area contributed by atoms with Crippen LogP contribution >= 0.6 is 0 Å². The molecule has 98 valence electrons. The van der Waals surface area contributed by atoms with Crippen LogP contribution in [0.2, 0.25) is 0 Å². The molecule has 0 aromatic carbocycles. The molecule has 4 nitrogen and oxygen atoms in total. The molecule has 0 spiro atoms. The highest BCUT2D eigenvalue weighted by Crippen LogP contribution is 2.29. The molecular weight excluding hydrogens is 218 g/mol. The van der Waals surface area contributed by atoms with Gasteiger partial charge in [-0.1, -0.05) is 0 Å². The standard InChI is InChI=1S/C13H23NO3/c1-9-7-14(8-10(2)17-9)12-5-3-11(4-6-12)13(15)16/h9-12H,3-8H2,1-2H3,(H,15,16)/t9-,10-,11?,12?/m0/s1. The van der Waals surface area contributed by atoms with Gasteiger partial charge in [0.25, 0.3) is 0 Å². The van der Waals surface area contributed by atoms with Gasteiger partial charge in [0.2, 0.25) is 0 Å². The van der Waals surface area contributed by atoms with Gasteiger partial charge in [0.1, 0.15) is 0 Å². The van der Waals surface area contributed by atoms with Crippen LogP contribution in [-0.2, 0) is 9.53 Å². The van der Waals surface area contributed by atoms with Crippen LogP contribution in [-0.4, -0.2) is 47.3 Å². The third kappa shape index (κ3) is 3.19. The second-order valence-electron chi connectivity index (χ2n) is 5.55. The normalized spacial score (nSPS) is 40.1. The number of ether oxygens (including phenoxy) is 1. The van der Waals surface area contributed by atoms with Crippen molar-refractivity contribution < 1.29 is 14.6 Å². The minimum Gasteiger partial charge on any atom is -0.481 e. The van der Waals surface area contributed by atoms with E-state index in [1.807, 2.05) is 0 Å². The topological polar surface area (TPSA) is 49.8 Å². The van der Waals surface area contributed by atoms with Crippen molar-refractivity contribution in [2.45, 2.75) is 57.8 Å². The number of carboxylic acids is 1. The Morgan fingerprint density at radius 3 is 2.12 bits per heavy atom. The maximum absolute atomic E-state index is 10.9. The lowest BCUT2D eigenvalue weighted by Crippen LogP contribution is -2.51. The average molecular weight is 241 g/mol. The molecule has 2 aliphatic rings. The van der Waals surface area contributed by atoms with Crippen molar-refractivity contribution in [2.24, 2.45) is 5.92 Å². The maximum Gasteiger partial charge on any atom is 0.306 e. The molecule has 1 aliphatic heterocycles. The van der Waals surface area contributed by atoms with E-state index in [0.29, 0.717) is 18.2 Å². The van der Waals surface area contributed by atoms with Gasteiger partial charge in [0, 0.05) is 19.1 Å². The van der Waals surface area contributed by atoms with Crippen molar-refractivity contribution in [2.75, 3.05) is 13.1 Å². The summed E-state index contributed by atoms with van der Waals surface area (Å²) >= 11 is 0. The summed E-state index contributed by atoms with van der Waals surface area (Å²) in [6, 6.07) is 0.569. The first-order chi connectivity index (χ1) is 8.06. The Balaban J connectivity index is 1.85. The zero-order valence-electron chi connectivity index (χ0n) is 10.8. The van der Waals surface area contributed by atoms with Crippen molar-refractivity contribution in [1.82, 2.24) is 4.90 Å². The Morgan fingerprint density at radius 1 is 1.12 bits per heavy atom. The summed E-state index contributed by atoms with van der Waals surface area (Å²) in [4.78, 5) is 13.4. The highest BCUT2D eigenvalue weighted by atomic mass is 16.5. The Hall–Kier alpha value is -0.610. The molecule has 0 aromatic rings. The molecule has 0 aromatic heterocycles. The number of morpholine rings is 1. The quantitative estimate of drug-likeness (QED) is 0.800. The van der Waals surface area contributed by atoms with Crippen molar-refractivity contribution >= 4 is 5.97 Å². The summed E-state index contributed by atoms with van der Waals surface area (Å²) in [6.45, 7) is 6.22. The van der Waals surface area contributed by atoms with Crippen LogP contribution in [0.4, 0.5) is 0 Å². The Morgan fingerprint density at radius 2 is 1.65 bits per heavy atom. The number of nitrogens with zero attached hydrogens (tertiary/aromatic N) is 1. The number of hydrogen-bond donors (Lipinski definition) is 1. The van der Waals surface area contributed by atoms with Crippen LogP contribution < -0.4 is 0 Å². The lowest BCUT2D eigenvalue weighted by Gasteiger charge is -2.42. The summed E-state index contributed by atoms with van der Waals surface area (Å²) in [5, 5.41) is 8.99. The highest BCUT2D eigenvalue weighted by Gasteiger charge is 2.32. The van der Waals surface area contributed by atoms with Crippen LogP contribution in [0.1, 0.15) is 39.5 Å². The molecule has 2 fully saturated rings. The second kappa shape index (κ2) is 5.36. The van der Waals surface area contributed by atoms with E-state index >= 15 is 0 Å². The Bertz CT molecular complexity index is 264. The molecule has 0 radical (unpaired) electrons. The minimum atomic E-state index is -0.618. The van der Waals surface area contributed by atoms with Crippen molar-refractivity contribution in [3.63, 3.8) is 0 Å². The van der Waals surface area contributed by atoms with Gasteiger partial charge in [-0.25, -0.2) is 0 Å². The van der Waals surface area contributed by atoms with Gasteiger partial charge in [-0.2, -0.15) is 0 Å². The van der Waals surface area contributed by atoms with Crippen LogP contribution in [0, 0.1) is 5.92 Å². The lowest BCUT2D eigenvalue weighted by atomic mass is 9.85. The molecule has 0 bridgehead atoms. The van der Waals surface area contributed by atoms with Crippen LogP contribution in [0.15, 0.2) is 0 Å². The van der Waals surface area contributed by atoms with E-state index < -0.39 is 5.97 Å². The van der Waals surface area contributed by atoms with Crippen LogP contribution in [0.25, 0.3) is 0 Å². The van der Waals surface area contributed by atoms with Gasteiger partial charge in [-0.3, -0.25) is 9.69 Å². The van der Waals surface area contributed by atoms with E-state index in [9.17, 15) is 4.79 Å². The van der Waals surface area contributed by atoms with Gasteiger partial charge < -0.3 is 9.84 Å². The van der Waals surface area contributed by atoms with Crippen molar-refractivity contribution in [1.29, 1.82) is 0 Å². The Labute approximate surface area is 103 Å². The smallest absolute Gasteiger partial charge is 0.306 e. The molecule has 0 amide bonds. The molecule has 2 rings (SSSR count). The first kappa shape index (κ1) is 12.8. The fourth-order valence-corrected chi connectivity index (χ4v) is 3.20. The second-order valence-corrected chi connectivity index (χ2v) is 5.55. The summed E-state index contributed by atoms with van der Waals surface area (Å²) in [7, 11) is 0. The van der Waals surface area contributed by atoms with Gasteiger partial charge in [-0.15, -0.1) is 0 Å². The predicted molar refractivity (Wildman–Crippen MR) is 65.0 cm³/mol. The molecule has 2 atom stereocenters. The fourth-order valence-electron chi connectivity index (χ4n) is 3.20. The maximum atomic E-state index is 10.9. The predicted octanol–water partition coefficient (Wildman–Crippen LogP) is 1.74. The fraction of sp³-hybridized carbons (Fsp3) is 0.923. The van der Waals surface area contributed by atoms with Gasteiger partial charge >= 0.3 is 5.97 Å². The summed E-state index contributed by atoms with van der Waals surface area (Å²) in [5.74, 6) is -0.727. The number of hydrogen-bond acceptors (Lipinski definition) is 3. The van der Waals surface area contributed by atoms with Gasteiger partial charge in [0.15, 0.2) is 0 Å². The first-order valence-electron chi connectivity index (χ1n) is 6.68. The van der Waals surface area contributed by atoms with Crippen molar-refractivity contribution in [3.05, 3.63) is 0 Å². The number of carbonyl (C=O) groups is 1. The van der Waals surface area contributed by atoms with E-state index in [0.717, 1.165) is 38.8 Å². The SMILES string of the molecule is C[C@H]1CN(C2CCC(C(=O)O)CC2)C[C@H](C)O1. The molecule has 1 saturated carbocycles.